The highest BCUT2D eigenvalue weighted by atomic mass is 16.5. The molecule has 0 aliphatic carbocycles. The van der Waals surface area contributed by atoms with Gasteiger partial charge in [-0.15, -0.1) is 0 Å². The van der Waals surface area contributed by atoms with Crippen molar-refractivity contribution in [3.05, 3.63) is 96.1 Å². The number of para-hydroxylation sites is 2. The second-order valence-corrected chi connectivity index (χ2v) is 7.24. The zero-order valence-electron chi connectivity index (χ0n) is 16.5. The quantitative estimate of drug-likeness (QED) is 0.669. The summed E-state index contributed by atoms with van der Waals surface area (Å²) in [6.07, 6.45) is 0.394. The lowest BCUT2D eigenvalue weighted by Crippen LogP contribution is -2.36. The Kier molecular flexibility index (Phi) is 6.22. The minimum absolute atomic E-state index is 0.0171. The number of hydrogen-bond donors (Lipinski definition) is 1. The molecule has 4 rings (SSSR count). The minimum Gasteiger partial charge on any atom is -0.378 e. The summed E-state index contributed by atoms with van der Waals surface area (Å²) in [5.41, 5.74) is 4.21. The predicted octanol–water partition coefficient (Wildman–Crippen LogP) is 4.68. The number of anilines is 2. The molecule has 1 aliphatic rings. The Balaban J connectivity index is 1.53. The minimum atomic E-state index is 0.0171. The predicted molar refractivity (Wildman–Crippen MR) is 117 cm³/mol. The zero-order valence-corrected chi connectivity index (χ0v) is 16.5. The van der Waals surface area contributed by atoms with Crippen LogP contribution in [-0.4, -0.2) is 32.2 Å². The van der Waals surface area contributed by atoms with Crippen LogP contribution in [0.15, 0.2) is 84.9 Å². The van der Waals surface area contributed by atoms with Crippen LogP contribution in [0.25, 0.3) is 0 Å². The highest BCUT2D eigenvalue weighted by Gasteiger charge is 2.20. The summed E-state index contributed by atoms with van der Waals surface area (Å²) in [6.45, 7) is 3.10. The Morgan fingerprint density at radius 3 is 2.00 bits per heavy atom. The second-order valence-electron chi connectivity index (χ2n) is 7.24. The number of rotatable bonds is 6. The number of carbonyl (C=O) groups is 1. The molecule has 1 amide bonds. The molecule has 0 atom stereocenters. The van der Waals surface area contributed by atoms with Crippen molar-refractivity contribution in [1.82, 2.24) is 0 Å². The Morgan fingerprint density at radius 1 is 0.828 bits per heavy atom. The normalized spacial score (nSPS) is 14.0. The van der Waals surface area contributed by atoms with E-state index in [0.29, 0.717) is 19.6 Å². The van der Waals surface area contributed by atoms with Crippen LogP contribution in [0.2, 0.25) is 0 Å². The molecule has 3 aromatic carbocycles. The van der Waals surface area contributed by atoms with E-state index in [1.165, 1.54) is 0 Å². The van der Waals surface area contributed by atoms with E-state index in [9.17, 15) is 4.79 Å². The molecule has 1 aliphatic heterocycles. The molecule has 4 nitrogen and oxygen atoms in total. The zero-order chi connectivity index (χ0) is 19.9. The number of ether oxygens (including phenoxy) is 1. The van der Waals surface area contributed by atoms with Crippen LogP contribution in [0.5, 0.6) is 0 Å². The average Bonchev–Trinajstić information content (AvgIpc) is 2.79. The molecule has 3 aromatic rings. The number of amides is 1. The summed E-state index contributed by atoms with van der Waals surface area (Å²) in [4.78, 5) is 15.3. The summed E-state index contributed by atoms with van der Waals surface area (Å²) in [5.74, 6) is 0.0383. The van der Waals surface area contributed by atoms with Gasteiger partial charge in [0.25, 0.3) is 0 Å². The number of benzene rings is 3. The van der Waals surface area contributed by atoms with E-state index >= 15 is 0 Å². The molecule has 1 heterocycles. The van der Waals surface area contributed by atoms with E-state index in [1.807, 2.05) is 54.6 Å². The molecule has 29 heavy (non-hydrogen) atoms. The molecule has 4 heteroatoms. The van der Waals surface area contributed by atoms with Crippen LogP contribution in [0.3, 0.4) is 0 Å². The summed E-state index contributed by atoms with van der Waals surface area (Å²) in [6, 6.07) is 28.5. The van der Waals surface area contributed by atoms with Gasteiger partial charge in [-0.25, -0.2) is 0 Å². The first-order valence-corrected chi connectivity index (χ1v) is 10.1. The lowest BCUT2D eigenvalue weighted by molar-refractivity contribution is -0.116. The fourth-order valence-electron chi connectivity index (χ4n) is 3.84. The van der Waals surface area contributed by atoms with Crippen LogP contribution in [0.1, 0.15) is 23.5 Å². The van der Waals surface area contributed by atoms with Crippen molar-refractivity contribution in [1.29, 1.82) is 0 Å². The second kappa shape index (κ2) is 9.39. The molecule has 0 aromatic heterocycles. The SMILES string of the molecule is O=C(CC(c1ccccc1)c1ccccc1)Nc1ccccc1N1CCOCC1. The van der Waals surface area contributed by atoms with E-state index < -0.39 is 0 Å². The highest BCUT2D eigenvalue weighted by Crippen LogP contribution is 2.30. The number of carbonyl (C=O) groups excluding carboxylic acids is 1. The molecule has 0 spiro atoms. The highest BCUT2D eigenvalue weighted by molar-refractivity contribution is 5.95. The molecule has 1 saturated heterocycles. The van der Waals surface area contributed by atoms with E-state index in [2.05, 4.69) is 40.5 Å². The molecule has 1 N–H and O–H groups in total. The van der Waals surface area contributed by atoms with Crippen LogP contribution in [-0.2, 0) is 9.53 Å². The lowest BCUT2D eigenvalue weighted by atomic mass is 9.88. The van der Waals surface area contributed by atoms with Gasteiger partial charge in [-0.2, -0.15) is 0 Å². The van der Waals surface area contributed by atoms with Gasteiger partial charge < -0.3 is 15.0 Å². The fourth-order valence-corrected chi connectivity index (χ4v) is 3.84. The molecular weight excluding hydrogens is 360 g/mol. The van der Waals surface area contributed by atoms with Gasteiger partial charge in [-0.05, 0) is 23.3 Å². The molecule has 0 unspecified atom stereocenters. The third-order valence-electron chi connectivity index (χ3n) is 5.32. The number of hydrogen-bond acceptors (Lipinski definition) is 3. The maximum atomic E-state index is 13.1. The Labute approximate surface area is 172 Å². The number of nitrogens with one attached hydrogen (secondary N) is 1. The van der Waals surface area contributed by atoms with Crippen molar-refractivity contribution in [2.45, 2.75) is 12.3 Å². The first kappa shape index (κ1) is 19.2. The number of nitrogens with zero attached hydrogens (tertiary/aromatic N) is 1. The molecular formula is C25H26N2O2. The Bertz CT molecular complexity index is 882. The van der Waals surface area contributed by atoms with Crippen molar-refractivity contribution < 1.29 is 9.53 Å². The van der Waals surface area contributed by atoms with Gasteiger partial charge in [0.05, 0.1) is 24.6 Å². The fraction of sp³-hybridized carbons (Fsp3) is 0.240. The van der Waals surface area contributed by atoms with Gasteiger partial charge in [0.2, 0.25) is 5.91 Å². The third-order valence-corrected chi connectivity index (χ3v) is 5.32. The van der Waals surface area contributed by atoms with Crippen LogP contribution < -0.4 is 10.2 Å². The largest absolute Gasteiger partial charge is 0.378 e. The summed E-state index contributed by atoms with van der Waals surface area (Å²) in [5, 5.41) is 3.16. The monoisotopic (exact) mass is 386 g/mol. The lowest BCUT2D eigenvalue weighted by Gasteiger charge is -2.30. The Hall–Kier alpha value is -3.11. The Morgan fingerprint density at radius 2 is 1.38 bits per heavy atom. The van der Waals surface area contributed by atoms with E-state index in [-0.39, 0.29) is 11.8 Å². The number of morpholine rings is 1. The van der Waals surface area contributed by atoms with Crippen molar-refractivity contribution in [2.24, 2.45) is 0 Å². The molecule has 0 bridgehead atoms. The molecule has 0 radical (unpaired) electrons. The molecule has 148 valence electrons. The maximum Gasteiger partial charge on any atom is 0.225 e. The standard InChI is InChI=1S/C25H26N2O2/c28-25(26-23-13-7-8-14-24(23)27-15-17-29-18-16-27)19-22(20-9-3-1-4-10-20)21-11-5-2-6-12-21/h1-14,22H,15-19H2,(H,26,28). The van der Waals surface area contributed by atoms with Gasteiger partial charge in [-0.1, -0.05) is 72.8 Å². The van der Waals surface area contributed by atoms with Gasteiger partial charge >= 0.3 is 0 Å². The van der Waals surface area contributed by atoms with Crippen molar-refractivity contribution in [3.8, 4) is 0 Å². The van der Waals surface area contributed by atoms with E-state index in [1.54, 1.807) is 0 Å². The van der Waals surface area contributed by atoms with Gasteiger partial charge in [-0.3, -0.25) is 4.79 Å². The smallest absolute Gasteiger partial charge is 0.225 e. The molecule has 0 saturated carbocycles. The summed E-state index contributed by atoms with van der Waals surface area (Å²) >= 11 is 0. The maximum absolute atomic E-state index is 13.1. The average molecular weight is 386 g/mol. The van der Waals surface area contributed by atoms with Gasteiger partial charge in [0.1, 0.15) is 0 Å². The summed E-state index contributed by atoms with van der Waals surface area (Å²) in [7, 11) is 0. The van der Waals surface area contributed by atoms with Gasteiger partial charge in [0, 0.05) is 25.4 Å². The van der Waals surface area contributed by atoms with E-state index in [4.69, 9.17) is 4.74 Å². The topological polar surface area (TPSA) is 41.6 Å². The molecule has 1 fully saturated rings. The summed E-state index contributed by atoms with van der Waals surface area (Å²) < 4.78 is 5.46. The van der Waals surface area contributed by atoms with Crippen molar-refractivity contribution in [2.75, 3.05) is 36.5 Å². The van der Waals surface area contributed by atoms with Crippen LogP contribution >= 0.6 is 0 Å². The third kappa shape index (κ3) is 4.84. The van der Waals surface area contributed by atoms with Crippen LogP contribution in [0, 0.1) is 0 Å². The van der Waals surface area contributed by atoms with Gasteiger partial charge in [0.15, 0.2) is 0 Å². The van der Waals surface area contributed by atoms with Crippen molar-refractivity contribution >= 4 is 17.3 Å². The first-order chi connectivity index (χ1) is 14.3. The van der Waals surface area contributed by atoms with Crippen LogP contribution in [0.4, 0.5) is 11.4 Å². The van der Waals surface area contributed by atoms with E-state index in [0.717, 1.165) is 35.6 Å². The van der Waals surface area contributed by atoms with Crippen molar-refractivity contribution in [3.63, 3.8) is 0 Å². The first-order valence-electron chi connectivity index (χ1n) is 10.1.